The lowest BCUT2D eigenvalue weighted by molar-refractivity contribution is -0.387. The van der Waals surface area contributed by atoms with Crippen LogP contribution in [0.4, 0.5) is 10.1 Å². The van der Waals surface area contributed by atoms with E-state index in [0.717, 1.165) is 37.0 Å². The van der Waals surface area contributed by atoms with Gasteiger partial charge in [0.15, 0.2) is 0 Å². The van der Waals surface area contributed by atoms with Crippen LogP contribution in [-0.2, 0) is 0 Å². The zero-order valence-electron chi connectivity index (χ0n) is 12.9. The molecule has 1 aromatic carbocycles. The number of nitrogens with zero attached hydrogens (tertiary/aromatic N) is 3. The second-order valence-electron chi connectivity index (χ2n) is 5.72. The third-order valence-corrected chi connectivity index (χ3v) is 4.22. The number of likely N-dealkylation sites (tertiary alicyclic amines) is 1. The van der Waals surface area contributed by atoms with Gasteiger partial charge >= 0.3 is 5.69 Å². The zero-order chi connectivity index (χ0) is 17.1. The van der Waals surface area contributed by atoms with Crippen LogP contribution in [0.2, 0.25) is 0 Å². The molecule has 1 amide bonds. The van der Waals surface area contributed by atoms with Crippen molar-refractivity contribution in [2.24, 2.45) is 0 Å². The van der Waals surface area contributed by atoms with Crippen LogP contribution in [0.3, 0.4) is 0 Å². The number of nitro groups is 1. The van der Waals surface area contributed by atoms with Crippen molar-refractivity contribution in [3.05, 3.63) is 69.8 Å². The lowest BCUT2D eigenvalue weighted by Crippen LogP contribution is -2.38. The summed E-state index contributed by atoms with van der Waals surface area (Å²) < 4.78 is 13.5. The van der Waals surface area contributed by atoms with E-state index >= 15 is 0 Å². The second kappa shape index (κ2) is 6.74. The predicted octanol–water partition coefficient (Wildman–Crippen LogP) is 3.50. The summed E-state index contributed by atoms with van der Waals surface area (Å²) in [6.45, 7) is 0.559. The number of piperidine rings is 1. The summed E-state index contributed by atoms with van der Waals surface area (Å²) in [5.41, 5.74) is 0.372. The summed E-state index contributed by atoms with van der Waals surface area (Å²) in [7, 11) is 0. The predicted molar refractivity (Wildman–Crippen MR) is 84.9 cm³/mol. The maximum Gasteiger partial charge on any atom is 0.305 e. The van der Waals surface area contributed by atoms with Crippen LogP contribution in [0.1, 0.15) is 41.2 Å². The van der Waals surface area contributed by atoms with Gasteiger partial charge in [-0.2, -0.15) is 4.39 Å². The maximum absolute atomic E-state index is 13.5. The Bertz CT molecular complexity index is 767. The van der Waals surface area contributed by atoms with Crippen molar-refractivity contribution in [2.75, 3.05) is 6.54 Å². The molecule has 1 aliphatic heterocycles. The van der Waals surface area contributed by atoms with Crippen molar-refractivity contribution in [1.29, 1.82) is 0 Å². The number of carbonyl (C=O) groups is 1. The molecule has 1 saturated heterocycles. The van der Waals surface area contributed by atoms with E-state index < -0.39 is 16.4 Å². The third kappa shape index (κ3) is 3.10. The standard InChI is InChI=1S/C17H16FN3O3/c18-14-7-6-12(10-16(14)21(23)24)17(22)20-9-2-1-5-15(20)13-4-3-8-19-11-13/h3-4,6-8,10-11,15H,1-2,5,9H2/t15-/m0/s1. The number of benzene rings is 1. The first-order chi connectivity index (χ1) is 11.6. The van der Waals surface area contributed by atoms with Crippen LogP contribution in [0, 0.1) is 15.9 Å². The van der Waals surface area contributed by atoms with E-state index in [1.54, 1.807) is 17.3 Å². The molecule has 2 heterocycles. The number of carbonyl (C=O) groups excluding carboxylic acids is 1. The minimum absolute atomic E-state index is 0.121. The Kier molecular flexibility index (Phi) is 4.50. The minimum Gasteiger partial charge on any atom is -0.332 e. The first-order valence-corrected chi connectivity index (χ1v) is 7.73. The van der Waals surface area contributed by atoms with Crippen LogP contribution in [0.5, 0.6) is 0 Å². The third-order valence-electron chi connectivity index (χ3n) is 4.22. The highest BCUT2D eigenvalue weighted by Crippen LogP contribution is 2.32. The molecule has 0 saturated carbocycles. The van der Waals surface area contributed by atoms with Gasteiger partial charge in [-0.1, -0.05) is 6.07 Å². The quantitative estimate of drug-likeness (QED) is 0.638. The summed E-state index contributed by atoms with van der Waals surface area (Å²) in [6, 6.07) is 6.87. The molecule has 7 heteroatoms. The number of hydrogen-bond donors (Lipinski definition) is 0. The molecule has 0 N–H and O–H groups in total. The smallest absolute Gasteiger partial charge is 0.305 e. The number of nitro benzene ring substituents is 1. The number of rotatable bonds is 3. The first kappa shape index (κ1) is 16.0. The average Bonchev–Trinajstić information content (AvgIpc) is 2.62. The Hall–Kier alpha value is -2.83. The molecule has 6 nitrogen and oxygen atoms in total. The molecule has 0 bridgehead atoms. The van der Waals surface area contributed by atoms with E-state index in [2.05, 4.69) is 4.98 Å². The van der Waals surface area contributed by atoms with Gasteiger partial charge in [0.05, 0.1) is 11.0 Å². The highest BCUT2D eigenvalue weighted by molar-refractivity contribution is 5.95. The number of pyridine rings is 1. The van der Waals surface area contributed by atoms with Crippen LogP contribution >= 0.6 is 0 Å². The first-order valence-electron chi connectivity index (χ1n) is 7.73. The SMILES string of the molecule is O=C(c1ccc(F)c([N+](=O)[O-])c1)N1CCCC[C@H]1c1cccnc1. The van der Waals surface area contributed by atoms with E-state index in [1.807, 2.05) is 12.1 Å². The summed E-state index contributed by atoms with van der Waals surface area (Å²) in [5, 5.41) is 10.9. The molecule has 2 aromatic rings. The molecule has 0 unspecified atom stereocenters. The summed E-state index contributed by atoms with van der Waals surface area (Å²) >= 11 is 0. The van der Waals surface area contributed by atoms with Crippen molar-refractivity contribution < 1.29 is 14.1 Å². The maximum atomic E-state index is 13.5. The summed E-state index contributed by atoms with van der Waals surface area (Å²) in [4.78, 5) is 28.7. The molecule has 1 aromatic heterocycles. The average molecular weight is 329 g/mol. The molecule has 0 spiro atoms. The van der Waals surface area contributed by atoms with Gasteiger partial charge in [-0.3, -0.25) is 19.9 Å². The fourth-order valence-electron chi connectivity index (χ4n) is 3.05. The minimum atomic E-state index is -0.945. The van der Waals surface area contributed by atoms with Crippen molar-refractivity contribution in [3.63, 3.8) is 0 Å². The van der Waals surface area contributed by atoms with Crippen LogP contribution < -0.4 is 0 Å². The second-order valence-corrected chi connectivity index (χ2v) is 5.72. The van der Waals surface area contributed by atoms with Gasteiger partial charge in [0.1, 0.15) is 0 Å². The molecule has 0 aliphatic carbocycles. The number of aromatic nitrogens is 1. The number of halogens is 1. The molecule has 1 atom stereocenters. The van der Waals surface area contributed by atoms with Crippen molar-refractivity contribution >= 4 is 11.6 Å². The topological polar surface area (TPSA) is 76.3 Å². The molecule has 0 radical (unpaired) electrons. The Morgan fingerprint density at radius 3 is 2.88 bits per heavy atom. The zero-order valence-corrected chi connectivity index (χ0v) is 12.9. The molecular formula is C17H16FN3O3. The van der Waals surface area contributed by atoms with E-state index in [4.69, 9.17) is 0 Å². The highest BCUT2D eigenvalue weighted by Gasteiger charge is 2.30. The largest absolute Gasteiger partial charge is 0.332 e. The van der Waals surface area contributed by atoms with Gasteiger partial charge < -0.3 is 4.90 Å². The van der Waals surface area contributed by atoms with E-state index in [9.17, 15) is 19.3 Å². The molecule has 124 valence electrons. The van der Waals surface area contributed by atoms with Gasteiger partial charge in [0.2, 0.25) is 5.82 Å². The van der Waals surface area contributed by atoms with E-state index in [0.29, 0.717) is 6.54 Å². The lowest BCUT2D eigenvalue weighted by atomic mass is 9.95. The fourth-order valence-corrected chi connectivity index (χ4v) is 3.05. The Morgan fingerprint density at radius 1 is 1.33 bits per heavy atom. The Morgan fingerprint density at radius 2 is 2.17 bits per heavy atom. The Labute approximate surface area is 138 Å². The lowest BCUT2D eigenvalue weighted by Gasteiger charge is -2.36. The molecule has 1 fully saturated rings. The van der Waals surface area contributed by atoms with Crippen molar-refractivity contribution in [2.45, 2.75) is 25.3 Å². The monoisotopic (exact) mass is 329 g/mol. The Balaban J connectivity index is 1.92. The molecule has 24 heavy (non-hydrogen) atoms. The number of amides is 1. The number of hydrogen-bond acceptors (Lipinski definition) is 4. The molecular weight excluding hydrogens is 313 g/mol. The summed E-state index contributed by atoms with van der Waals surface area (Å²) in [6.07, 6.45) is 6.06. The van der Waals surface area contributed by atoms with Gasteiger partial charge in [-0.25, -0.2) is 0 Å². The van der Waals surface area contributed by atoms with E-state index in [-0.39, 0.29) is 17.5 Å². The van der Waals surface area contributed by atoms with Crippen molar-refractivity contribution in [3.8, 4) is 0 Å². The van der Waals surface area contributed by atoms with Crippen LogP contribution in [-0.4, -0.2) is 27.3 Å². The highest BCUT2D eigenvalue weighted by atomic mass is 19.1. The summed E-state index contributed by atoms with van der Waals surface area (Å²) in [5.74, 6) is -1.27. The van der Waals surface area contributed by atoms with Crippen molar-refractivity contribution in [1.82, 2.24) is 9.88 Å². The normalized spacial score (nSPS) is 17.5. The van der Waals surface area contributed by atoms with Gasteiger partial charge in [-0.05, 0) is 43.0 Å². The van der Waals surface area contributed by atoms with Gasteiger partial charge in [-0.15, -0.1) is 0 Å². The van der Waals surface area contributed by atoms with E-state index in [1.165, 1.54) is 6.07 Å². The molecule has 1 aliphatic rings. The van der Waals surface area contributed by atoms with Crippen LogP contribution in [0.15, 0.2) is 42.7 Å². The van der Waals surface area contributed by atoms with Gasteiger partial charge in [0.25, 0.3) is 5.91 Å². The molecule has 3 rings (SSSR count). The van der Waals surface area contributed by atoms with Crippen LogP contribution in [0.25, 0.3) is 0 Å². The fraction of sp³-hybridized carbons (Fsp3) is 0.294. The van der Waals surface area contributed by atoms with Gasteiger partial charge in [0, 0.05) is 30.6 Å².